The summed E-state index contributed by atoms with van der Waals surface area (Å²) in [7, 11) is -3.75. The van der Waals surface area contributed by atoms with E-state index in [1.807, 2.05) is 0 Å². The zero-order valence-electron chi connectivity index (χ0n) is 11.0. The molecule has 0 bridgehead atoms. The molecule has 3 N–H and O–H groups in total. The van der Waals surface area contributed by atoms with Crippen molar-refractivity contribution in [1.29, 1.82) is 0 Å². The minimum absolute atomic E-state index is 0.0262. The Hall–Kier alpha value is -1.78. The number of rotatable bonds is 6. The molecule has 0 aliphatic heterocycles. The van der Waals surface area contributed by atoms with Crippen molar-refractivity contribution in [3.63, 3.8) is 0 Å². The number of aromatic amines is 1. The molecule has 0 fully saturated rings. The average molecular weight is 301 g/mol. The molecule has 0 saturated heterocycles. The lowest BCUT2D eigenvalue weighted by Gasteiger charge is -2.05. The van der Waals surface area contributed by atoms with Crippen LogP contribution in [0.5, 0.6) is 0 Å². The first kappa shape index (κ1) is 14.6. The Morgan fingerprint density at radius 1 is 1.40 bits per heavy atom. The molecule has 110 valence electrons. The van der Waals surface area contributed by atoms with Gasteiger partial charge in [0.05, 0.1) is 12.3 Å². The lowest BCUT2D eigenvalue weighted by molar-refractivity contribution is 0.273. The van der Waals surface area contributed by atoms with Crippen LogP contribution in [-0.4, -0.2) is 40.4 Å². The second kappa shape index (κ2) is 5.69. The number of nitrogens with one attached hydrogen (secondary N) is 2. The highest BCUT2D eigenvalue weighted by atomic mass is 32.2. The molecule has 0 atom stereocenters. The van der Waals surface area contributed by atoms with E-state index in [0.717, 1.165) is 0 Å². The molecule has 0 aromatic carbocycles. The number of sulfonamides is 1. The lowest BCUT2D eigenvalue weighted by atomic mass is 10.4. The van der Waals surface area contributed by atoms with Gasteiger partial charge in [-0.15, -0.1) is 0 Å². The van der Waals surface area contributed by atoms with Crippen LogP contribution < -0.4 is 4.72 Å². The molecule has 0 spiro atoms. The molecular weight excluding hydrogens is 286 g/mol. The molecule has 20 heavy (non-hydrogen) atoms. The Labute approximate surface area is 115 Å². The number of nitrogens with zero attached hydrogens (tertiary/aromatic N) is 3. The van der Waals surface area contributed by atoms with E-state index in [2.05, 4.69) is 25.1 Å². The fourth-order valence-corrected chi connectivity index (χ4v) is 3.12. The Morgan fingerprint density at radius 3 is 2.75 bits per heavy atom. The van der Waals surface area contributed by atoms with Gasteiger partial charge in [0, 0.05) is 13.0 Å². The first-order valence-electron chi connectivity index (χ1n) is 5.87. The molecule has 2 aromatic heterocycles. The van der Waals surface area contributed by atoms with Crippen LogP contribution >= 0.6 is 0 Å². The van der Waals surface area contributed by atoms with E-state index in [4.69, 9.17) is 9.63 Å². The maximum Gasteiger partial charge on any atom is 0.244 e. The zero-order chi connectivity index (χ0) is 14.8. The van der Waals surface area contributed by atoms with Gasteiger partial charge in [-0.05, 0) is 13.8 Å². The minimum atomic E-state index is -3.75. The summed E-state index contributed by atoms with van der Waals surface area (Å²) >= 11 is 0. The van der Waals surface area contributed by atoms with Crippen molar-refractivity contribution in [3.8, 4) is 0 Å². The molecular formula is C10H15N5O4S. The standard InChI is InChI=1S/C10H15N5O4S/c1-6-10(8(5-16)14-13-6)20(17,18)11-4-3-9-12-7(2)15-19-9/h11,16H,3-5H2,1-2H3,(H,13,14). The van der Waals surface area contributed by atoms with Crippen LogP contribution in [0, 0.1) is 13.8 Å². The van der Waals surface area contributed by atoms with Crippen molar-refractivity contribution in [1.82, 2.24) is 25.1 Å². The fraction of sp³-hybridized carbons (Fsp3) is 0.500. The van der Waals surface area contributed by atoms with Gasteiger partial charge in [0.1, 0.15) is 10.6 Å². The van der Waals surface area contributed by atoms with Crippen molar-refractivity contribution in [2.24, 2.45) is 0 Å². The normalized spacial score (nSPS) is 11.9. The predicted octanol–water partition coefficient (Wildman–Crippen LogP) is -0.577. The van der Waals surface area contributed by atoms with Crippen molar-refractivity contribution >= 4 is 10.0 Å². The Balaban J connectivity index is 2.06. The molecule has 0 radical (unpaired) electrons. The number of aromatic nitrogens is 4. The fourth-order valence-electron chi connectivity index (χ4n) is 1.74. The van der Waals surface area contributed by atoms with Crippen LogP contribution in [0.2, 0.25) is 0 Å². The summed E-state index contributed by atoms with van der Waals surface area (Å²) in [6.45, 7) is 2.91. The maximum absolute atomic E-state index is 12.1. The molecule has 2 aromatic rings. The van der Waals surface area contributed by atoms with E-state index in [1.54, 1.807) is 13.8 Å². The van der Waals surface area contributed by atoms with Gasteiger partial charge in [0.25, 0.3) is 0 Å². The first-order valence-corrected chi connectivity index (χ1v) is 7.36. The quantitative estimate of drug-likeness (QED) is 0.650. The summed E-state index contributed by atoms with van der Waals surface area (Å²) in [5, 5.41) is 19.0. The number of H-pyrrole nitrogens is 1. The van der Waals surface area contributed by atoms with E-state index >= 15 is 0 Å². The average Bonchev–Trinajstić information content (AvgIpc) is 2.95. The number of aliphatic hydroxyl groups is 1. The highest BCUT2D eigenvalue weighted by molar-refractivity contribution is 7.89. The number of hydrogen-bond acceptors (Lipinski definition) is 7. The minimum Gasteiger partial charge on any atom is -0.390 e. The van der Waals surface area contributed by atoms with E-state index in [0.29, 0.717) is 17.4 Å². The van der Waals surface area contributed by atoms with Gasteiger partial charge >= 0.3 is 0 Å². The summed E-state index contributed by atoms with van der Waals surface area (Å²) in [6.07, 6.45) is 0.283. The summed E-state index contributed by atoms with van der Waals surface area (Å²) < 4.78 is 31.6. The summed E-state index contributed by atoms with van der Waals surface area (Å²) in [5.74, 6) is 0.854. The van der Waals surface area contributed by atoms with E-state index < -0.39 is 16.6 Å². The first-order chi connectivity index (χ1) is 9.44. The summed E-state index contributed by atoms with van der Waals surface area (Å²) in [4.78, 5) is 3.95. The third kappa shape index (κ3) is 3.03. The van der Waals surface area contributed by atoms with Gasteiger partial charge < -0.3 is 9.63 Å². The largest absolute Gasteiger partial charge is 0.390 e. The third-order valence-corrected chi connectivity index (χ3v) is 4.24. The predicted molar refractivity (Wildman–Crippen MR) is 67.2 cm³/mol. The van der Waals surface area contributed by atoms with Crippen LogP contribution in [0.1, 0.15) is 23.1 Å². The van der Waals surface area contributed by atoms with E-state index in [-0.39, 0.29) is 23.6 Å². The van der Waals surface area contributed by atoms with Crippen LogP contribution in [0.3, 0.4) is 0 Å². The van der Waals surface area contributed by atoms with Gasteiger partial charge in [-0.1, -0.05) is 5.16 Å². The lowest BCUT2D eigenvalue weighted by Crippen LogP contribution is -2.27. The second-order valence-electron chi connectivity index (χ2n) is 4.17. The van der Waals surface area contributed by atoms with Gasteiger partial charge in [-0.25, -0.2) is 13.1 Å². The van der Waals surface area contributed by atoms with Crippen molar-refractivity contribution < 1.29 is 18.0 Å². The molecule has 0 aliphatic rings. The Bertz CT molecular complexity index is 690. The molecule has 9 nitrogen and oxygen atoms in total. The number of aryl methyl sites for hydroxylation is 2. The van der Waals surface area contributed by atoms with Crippen LogP contribution in [0.15, 0.2) is 9.42 Å². The molecule has 0 saturated carbocycles. The van der Waals surface area contributed by atoms with E-state index in [9.17, 15) is 8.42 Å². The summed E-state index contributed by atoms with van der Waals surface area (Å²) in [5.41, 5.74) is 0.457. The van der Waals surface area contributed by atoms with Crippen LogP contribution in [0.25, 0.3) is 0 Å². The third-order valence-electron chi connectivity index (χ3n) is 2.58. The highest BCUT2D eigenvalue weighted by Gasteiger charge is 2.23. The topological polar surface area (TPSA) is 134 Å². The molecule has 0 aliphatic carbocycles. The van der Waals surface area contributed by atoms with Crippen LogP contribution in [-0.2, 0) is 23.1 Å². The van der Waals surface area contributed by atoms with Crippen molar-refractivity contribution in [3.05, 3.63) is 23.1 Å². The number of aliphatic hydroxyl groups excluding tert-OH is 1. The SMILES string of the molecule is Cc1noc(CCNS(=O)(=O)c2c(CO)n[nH]c2C)n1. The molecule has 0 amide bonds. The van der Waals surface area contributed by atoms with Crippen molar-refractivity contribution in [2.75, 3.05) is 6.54 Å². The van der Waals surface area contributed by atoms with Crippen LogP contribution in [0.4, 0.5) is 0 Å². The summed E-state index contributed by atoms with van der Waals surface area (Å²) in [6, 6.07) is 0. The molecule has 2 rings (SSSR count). The Morgan fingerprint density at radius 2 is 2.15 bits per heavy atom. The zero-order valence-corrected chi connectivity index (χ0v) is 11.9. The van der Waals surface area contributed by atoms with Gasteiger partial charge in [-0.3, -0.25) is 5.10 Å². The molecule has 2 heterocycles. The number of hydrogen-bond donors (Lipinski definition) is 3. The van der Waals surface area contributed by atoms with Gasteiger partial charge in [0.2, 0.25) is 15.9 Å². The molecule has 10 heteroatoms. The monoisotopic (exact) mass is 301 g/mol. The smallest absolute Gasteiger partial charge is 0.244 e. The second-order valence-corrected chi connectivity index (χ2v) is 5.87. The Kier molecular flexibility index (Phi) is 4.16. The molecule has 0 unspecified atom stereocenters. The highest BCUT2D eigenvalue weighted by Crippen LogP contribution is 2.17. The van der Waals surface area contributed by atoms with Gasteiger partial charge in [0.15, 0.2) is 5.82 Å². The maximum atomic E-state index is 12.1. The van der Waals surface area contributed by atoms with Gasteiger partial charge in [-0.2, -0.15) is 10.1 Å². The van der Waals surface area contributed by atoms with Crippen molar-refractivity contribution in [2.45, 2.75) is 31.8 Å². The van der Waals surface area contributed by atoms with E-state index in [1.165, 1.54) is 0 Å².